The van der Waals surface area contributed by atoms with Gasteiger partial charge in [0, 0.05) is 22.6 Å². The molecule has 1 atom stereocenters. The highest BCUT2D eigenvalue weighted by Gasteiger charge is 2.21. The van der Waals surface area contributed by atoms with E-state index in [-0.39, 0.29) is 18.6 Å². The smallest absolute Gasteiger partial charge is 0.262 e. The van der Waals surface area contributed by atoms with Gasteiger partial charge in [0.15, 0.2) is 11.4 Å². The fourth-order valence-corrected chi connectivity index (χ4v) is 4.75. The number of benzene rings is 2. The summed E-state index contributed by atoms with van der Waals surface area (Å²) in [7, 11) is 0. The van der Waals surface area contributed by atoms with Crippen LogP contribution in [0.5, 0.6) is 5.75 Å². The van der Waals surface area contributed by atoms with Crippen LogP contribution in [0.1, 0.15) is 12.8 Å². The molecule has 2 aliphatic rings. The monoisotopic (exact) mass is 441 g/mol. The average molecular weight is 442 g/mol. The highest BCUT2D eigenvalue weighted by atomic mass is 35.5. The first-order valence-corrected chi connectivity index (χ1v) is 11.1. The second kappa shape index (κ2) is 8.26. The molecule has 1 N–H and O–H groups in total. The van der Waals surface area contributed by atoms with E-state index in [0.717, 1.165) is 47.7 Å². The van der Waals surface area contributed by atoms with E-state index in [1.807, 2.05) is 42.5 Å². The molecule has 3 aromatic rings. The zero-order valence-corrected chi connectivity index (χ0v) is 17.7. The number of amides is 1. The molecule has 6 nitrogen and oxygen atoms in total. The van der Waals surface area contributed by atoms with Crippen LogP contribution in [0.25, 0.3) is 11.3 Å². The lowest BCUT2D eigenvalue weighted by atomic mass is 10.1. The number of hydrogen-bond donors (Lipinski definition) is 1. The maximum Gasteiger partial charge on any atom is 0.262 e. The van der Waals surface area contributed by atoms with Gasteiger partial charge in [-0.25, -0.2) is 4.99 Å². The minimum Gasteiger partial charge on any atom is -0.482 e. The van der Waals surface area contributed by atoms with Crippen LogP contribution < -0.4 is 14.9 Å². The van der Waals surface area contributed by atoms with E-state index in [4.69, 9.17) is 26.1 Å². The van der Waals surface area contributed by atoms with Crippen molar-refractivity contribution < 1.29 is 14.3 Å². The molecule has 1 fully saturated rings. The average Bonchev–Trinajstić information content (AvgIpc) is 3.40. The molecule has 2 aliphatic heterocycles. The molecule has 0 radical (unpaired) electrons. The molecule has 1 amide bonds. The van der Waals surface area contributed by atoms with Crippen molar-refractivity contribution in [3.8, 4) is 17.0 Å². The molecule has 3 heterocycles. The number of nitrogens with one attached hydrogen (secondary N) is 1. The van der Waals surface area contributed by atoms with Crippen molar-refractivity contribution in [1.82, 2.24) is 4.57 Å². The summed E-state index contributed by atoms with van der Waals surface area (Å²) >= 11 is 7.59. The maximum absolute atomic E-state index is 11.7. The lowest BCUT2D eigenvalue weighted by Crippen LogP contribution is -2.25. The highest BCUT2D eigenvalue weighted by Crippen LogP contribution is 2.33. The van der Waals surface area contributed by atoms with E-state index < -0.39 is 0 Å². The van der Waals surface area contributed by atoms with Crippen molar-refractivity contribution in [3.05, 3.63) is 57.7 Å². The van der Waals surface area contributed by atoms with Gasteiger partial charge in [0.05, 0.1) is 29.7 Å². The van der Waals surface area contributed by atoms with Crippen LogP contribution in [-0.2, 0) is 16.1 Å². The minimum absolute atomic E-state index is 0.0495. The van der Waals surface area contributed by atoms with Gasteiger partial charge in [0.25, 0.3) is 5.91 Å². The molecule has 1 aromatic heterocycles. The number of nitrogens with zero attached hydrogens (tertiary/aromatic N) is 2. The summed E-state index contributed by atoms with van der Waals surface area (Å²) in [6, 6.07) is 13.3. The Morgan fingerprint density at radius 3 is 2.90 bits per heavy atom. The molecule has 0 aliphatic carbocycles. The van der Waals surface area contributed by atoms with Gasteiger partial charge >= 0.3 is 0 Å². The van der Waals surface area contributed by atoms with E-state index in [1.165, 1.54) is 0 Å². The third-order valence-corrected chi connectivity index (χ3v) is 6.28. The van der Waals surface area contributed by atoms with Crippen molar-refractivity contribution in [2.24, 2.45) is 4.99 Å². The summed E-state index contributed by atoms with van der Waals surface area (Å²) in [6.07, 6.45) is 2.29. The number of anilines is 1. The van der Waals surface area contributed by atoms with Gasteiger partial charge in [0.1, 0.15) is 5.75 Å². The van der Waals surface area contributed by atoms with Crippen molar-refractivity contribution in [2.75, 3.05) is 18.5 Å². The lowest BCUT2D eigenvalue weighted by Gasteiger charge is -2.19. The van der Waals surface area contributed by atoms with Crippen LogP contribution in [0, 0.1) is 0 Å². The molecule has 0 bridgehead atoms. The Labute approximate surface area is 182 Å². The van der Waals surface area contributed by atoms with E-state index in [1.54, 1.807) is 11.3 Å². The Morgan fingerprint density at radius 2 is 2.10 bits per heavy atom. The molecule has 1 unspecified atom stereocenters. The summed E-state index contributed by atoms with van der Waals surface area (Å²) in [5.41, 5.74) is 3.56. The van der Waals surface area contributed by atoms with Gasteiger partial charge in [-0.3, -0.25) is 4.79 Å². The molecule has 154 valence electrons. The normalized spacial score (nSPS) is 18.8. The van der Waals surface area contributed by atoms with Crippen LogP contribution >= 0.6 is 22.9 Å². The van der Waals surface area contributed by atoms with Crippen LogP contribution in [0.2, 0.25) is 5.02 Å². The molecule has 0 saturated carbocycles. The molecular weight excluding hydrogens is 422 g/mol. The van der Waals surface area contributed by atoms with Crippen molar-refractivity contribution >= 4 is 40.2 Å². The van der Waals surface area contributed by atoms with E-state index in [0.29, 0.717) is 16.5 Å². The number of carbonyl (C=O) groups is 1. The molecular formula is C22H20ClN3O3S. The van der Waals surface area contributed by atoms with Gasteiger partial charge in [-0.1, -0.05) is 11.6 Å². The Morgan fingerprint density at radius 1 is 1.23 bits per heavy atom. The van der Waals surface area contributed by atoms with Gasteiger partial charge in [-0.15, -0.1) is 11.3 Å². The largest absolute Gasteiger partial charge is 0.482 e. The van der Waals surface area contributed by atoms with Gasteiger partial charge in [-0.2, -0.15) is 0 Å². The third-order valence-electron chi connectivity index (χ3n) is 5.17. The van der Waals surface area contributed by atoms with Gasteiger partial charge in [0.2, 0.25) is 0 Å². The van der Waals surface area contributed by atoms with Crippen molar-refractivity contribution in [2.45, 2.75) is 25.5 Å². The molecule has 5 rings (SSSR count). The van der Waals surface area contributed by atoms with Crippen molar-refractivity contribution in [1.29, 1.82) is 0 Å². The number of ether oxygens (including phenoxy) is 2. The summed E-state index contributed by atoms with van der Waals surface area (Å²) in [5.74, 6) is 0.543. The Kier molecular flexibility index (Phi) is 5.33. The number of rotatable bonds is 4. The molecule has 2 aromatic carbocycles. The van der Waals surface area contributed by atoms with E-state index in [9.17, 15) is 4.79 Å². The topological polar surface area (TPSA) is 64.8 Å². The fraction of sp³-hybridized carbons (Fsp3) is 0.273. The van der Waals surface area contributed by atoms with E-state index in [2.05, 4.69) is 15.3 Å². The number of fused-ring (bicyclic) bond motifs is 1. The van der Waals surface area contributed by atoms with Crippen LogP contribution in [0.15, 0.2) is 52.8 Å². The Hall–Kier alpha value is -2.61. The van der Waals surface area contributed by atoms with E-state index >= 15 is 0 Å². The number of aromatic nitrogens is 1. The number of halogens is 1. The molecule has 0 spiro atoms. The summed E-state index contributed by atoms with van der Waals surface area (Å²) in [4.78, 5) is 17.5. The number of hydrogen-bond acceptors (Lipinski definition) is 5. The van der Waals surface area contributed by atoms with Gasteiger partial charge < -0.3 is 19.4 Å². The summed E-state index contributed by atoms with van der Waals surface area (Å²) < 4.78 is 13.6. The van der Waals surface area contributed by atoms with Crippen molar-refractivity contribution in [3.63, 3.8) is 0 Å². The zero-order chi connectivity index (χ0) is 20.5. The first-order chi connectivity index (χ1) is 14.7. The Bertz CT molecular complexity index is 1150. The lowest BCUT2D eigenvalue weighted by molar-refractivity contribution is -0.118. The molecule has 8 heteroatoms. The SMILES string of the molecule is O=C1COc2ccc(-c3csc(=Nc4ccc(Cl)cc4)n3CC3CCCO3)cc2N1. The summed E-state index contributed by atoms with van der Waals surface area (Å²) in [6.45, 7) is 1.58. The zero-order valence-electron chi connectivity index (χ0n) is 16.1. The predicted molar refractivity (Wildman–Crippen MR) is 118 cm³/mol. The predicted octanol–water partition coefficient (Wildman–Crippen LogP) is 4.61. The van der Waals surface area contributed by atoms with Crippen LogP contribution in [0.4, 0.5) is 11.4 Å². The minimum atomic E-state index is -0.143. The Balaban J connectivity index is 1.58. The first-order valence-electron chi connectivity index (χ1n) is 9.83. The second-order valence-electron chi connectivity index (χ2n) is 7.29. The fourth-order valence-electron chi connectivity index (χ4n) is 3.69. The number of thiazole rings is 1. The second-order valence-corrected chi connectivity index (χ2v) is 8.56. The quantitative estimate of drug-likeness (QED) is 0.642. The molecule has 30 heavy (non-hydrogen) atoms. The van der Waals surface area contributed by atoms with Gasteiger partial charge in [-0.05, 0) is 55.3 Å². The standard InChI is InChI=1S/C22H20ClN3O3S/c23-15-4-6-16(7-5-15)24-22-26(11-17-2-1-9-28-17)19(13-30-22)14-3-8-20-18(10-14)25-21(27)12-29-20/h3-8,10,13,17H,1-2,9,11-12H2,(H,25,27). The maximum atomic E-state index is 11.7. The third kappa shape index (κ3) is 4.01. The molecule has 1 saturated heterocycles. The van der Waals surface area contributed by atoms with Crippen LogP contribution in [0.3, 0.4) is 0 Å². The first kappa shape index (κ1) is 19.4. The number of carbonyl (C=O) groups excluding carboxylic acids is 1. The summed E-state index contributed by atoms with van der Waals surface area (Å²) in [5, 5.41) is 5.66. The van der Waals surface area contributed by atoms with Crippen LogP contribution in [-0.4, -0.2) is 29.8 Å². The highest BCUT2D eigenvalue weighted by molar-refractivity contribution is 7.07.